The van der Waals surface area contributed by atoms with Crippen molar-refractivity contribution in [2.45, 2.75) is 70.1 Å². The minimum atomic E-state index is 0.197. The molecule has 2 heterocycles. The van der Waals surface area contributed by atoms with Crippen LogP contribution in [0.5, 0.6) is 0 Å². The fourth-order valence-corrected chi connectivity index (χ4v) is 4.50. The van der Waals surface area contributed by atoms with Crippen LogP contribution in [0.1, 0.15) is 87.5 Å². The second kappa shape index (κ2) is 8.46. The van der Waals surface area contributed by atoms with Crippen LogP contribution < -0.4 is 0 Å². The minimum Gasteiger partial charge on any atom is -0.425 e. The number of rotatable bonds is 6. The lowest BCUT2D eigenvalue weighted by Gasteiger charge is -2.37. The van der Waals surface area contributed by atoms with Gasteiger partial charge in [0.15, 0.2) is 0 Å². The summed E-state index contributed by atoms with van der Waals surface area (Å²) in [5.41, 5.74) is 1.37. The Morgan fingerprint density at radius 1 is 1.07 bits per heavy atom. The van der Waals surface area contributed by atoms with E-state index in [1.165, 1.54) is 24.8 Å². The Labute approximate surface area is 167 Å². The third-order valence-electron chi connectivity index (χ3n) is 6.29. The van der Waals surface area contributed by atoms with Gasteiger partial charge in [0.25, 0.3) is 0 Å². The molecule has 0 bridgehead atoms. The quantitative estimate of drug-likeness (QED) is 0.716. The van der Waals surface area contributed by atoms with Crippen LogP contribution in [0.25, 0.3) is 0 Å². The van der Waals surface area contributed by atoms with E-state index in [4.69, 9.17) is 4.42 Å². The van der Waals surface area contributed by atoms with Gasteiger partial charge in [-0.2, -0.15) is 0 Å². The molecular weight excluding hydrogens is 350 g/mol. The molecule has 1 aliphatic heterocycles. The highest BCUT2D eigenvalue weighted by atomic mass is 16.4. The summed E-state index contributed by atoms with van der Waals surface area (Å²) < 4.78 is 6.14. The number of hydrogen-bond donors (Lipinski definition) is 0. The number of nitrogens with zero attached hydrogens (tertiary/aromatic N) is 3. The second-order valence-corrected chi connectivity index (χ2v) is 8.81. The highest BCUT2D eigenvalue weighted by molar-refractivity contribution is 5.77. The Kier molecular flexibility index (Phi) is 5.79. The monoisotopic (exact) mass is 381 g/mol. The van der Waals surface area contributed by atoms with E-state index in [1.807, 2.05) is 4.90 Å². The van der Waals surface area contributed by atoms with Gasteiger partial charge in [0.2, 0.25) is 17.7 Å². The average Bonchev–Trinajstić information content (AvgIpc) is 3.15. The lowest BCUT2D eigenvalue weighted by Crippen LogP contribution is -2.48. The maximum atomic E-state index is 12.2. The van der Waals surface area contributed by atoms with E-state index in [0.29, 0.717) is 43.2 Å². The molecule has 2 fully saturated rings. The maximum Gasteiger partial charge on any atom is 0.223 e. The molecule has 1 amide bonds. The van der Waals surface area contributed by atoms with Crippen molar-refractivity contribution >= 4 is 5.91 Å². The third-order valence-corrected chi connectivity index (χ3v) is 6.29. The van der Waals surface area contributed by atoms with Gasteiger partial charge in [0.05, 0.1) is 5.92 Å². The highest BCUT2D eigenvalue weighted by Crippen LogP contribution is 2.44. The Balaban J connectivity index is 1.38. The third kappa shape index (κ3) is 4.13. The van der Waals surface area contributed by atoms with Crippen LogP contribution in [-0.2, 0) is 4.79 Å². The smallest absolute Gasteiger partial charge is 0.223 e. The number of likely N-dealkylation sites (tertiary alicyclic amines) is 1. The zero-order valence-electron chi connectivity index (χ0n) is 17.0. The number of benzene rings is 1. The number of aromatic nitrogens is 2. The molecule has 0 spiro atoms. The number of carbonyl (C=O) groups excluding carboxylic acids is 1. The molecule has 5 nitrogen and oxygen atoms in total. The Morgan fingerprint density at radius 3 is 2.46 bits per heavy atom. The molecule has 1 saturated heterocycles. The predicted molar refractivity (Wildman–Crippen MR) is 108 cm³/mol. The van der Waals surface area contributed by atoms with Gasteiger partial charge in [-0.05, 0) is 36.7 Å². The van der Waals surface area contributed by atoms with Crippen LogP contribution in [-0.4, -0.2) is 34.1 Å². The zero-order chi connectivity index (χ0) is 19.5. The van der Waals surface area contributed by atoms with E-state index in [0.717, 1.165) is 18.7 Å². The summed E-state index contributed by atoms with van der Waals surface area (Å²) >= 11 is 0. The fourth-order valence-electron chi connectivity index (χ4n) is 4.50. The molecular formula is C23H31N3O2. The van der Waals surface area contributed by atoms with E-state index >= 15 is 0 Å². The Bertz CT molecular complexity index is 780. The van der Waals surface area contributed by atoms with Crippen molar-refractivity contribution < 1.29 is 9.21 Å². The molecule has 2 aliphatic rings. The van der Waals surface area contributed by atoms with Crippen LogP contribution >= 0.6 is 0 Å². The van der Waals surface area contributed by atoms with Gasteiger partial charge in [0.1, 0.15) is 0 Å². The maximum absolute atomic E-state index is 12.2. The predicted octanol–water partition coefficient (Wildman–Crippen LogP) is 4.87. The van der Waals surface area contributed by atoms with Crippen molar-refractivity contribution in [1.29, 1.82) is 0 Å². The number of carbonyl (C=O) groups is 1. The van der Waals surface area contributed by atoms with E-state index < -0.39 is 0 Å². The van der Waals surface area contributed by atoms with Gasteiger partial charge >= 0.3 is 0 Å². The molecule has 1 saturated carbocycles. The molecule has 2 atom stereocenters. The SMILES string of the molecule is CC(C)CCC(=O)N1CC(c2nnc(C3CCCCC3c3ccccc3)o2)C1. The molecule has 2 unspecified atom stereocenters. The molecule has 4 rings (SSSR count). The van der Waals surface area contributed by atoms with E-state index in [2.05, 4.69) is 54.4 Å². The van der Waals surface area contributed by atoms with E-state index in [-0.39, 0.29) is 11.8 Å². The highest BCUT2D eigenvalue weighted by Gasteiger charge is 2.37. The van der Waals surface area contributed by atoms with Crippen molar-refractivity contribution in [3.8, 4) is 0 Å². The first-order chi connectivity index (χ1) is 13.6. The summed E-state index contributed by atoms with van der Waals surface area (Å²) in [5, 5.41) is 8.78. The zero-order valence-corrected chi connectivity index (χ0v) is 17.0. The summed E-state index contributed by atoms with van der Waals surface area (Å²) in [4.78, 5) is 14.1. The van der Waals surface area contributed by atoms with Crippen LogP contribution in [0.4, 0.5) is 0 Å². The van der Waals surface area contributed by atoms with Crippen molar-refractivity contribution in [1.82, 2.24) is 15.1 Å². The Hall–Kier alpha value is -2.17. The van der Waals surface area contributed by atoms with Gasteiger partial charge in [-0.1, -0.05) is 57.0 Å². The molecule has 0 radical (unpaired) electrons. The molecule has 2 aromatic rings. The van der Waals surface area contributed by atoms with Crippen LogP contribution in [0, 0.1) is 5.92 Å². The van der Waals surface area contributed by atoms with Gasteiger partial charge in [-0.25, -0.2) is 0 Å². The lowest BCUT2D eigenvalue weighted by atomic mass is 9.75. The normalized spacial score (nSPS) is 23.0. The number of hydrogen-bond acceptors (Lipinski definition) is 4. The average molecular weight is 382 g/mol. The van der Waals surface area contributed by atoms with E-state index in [1.54, 1.807) is 0 Å². The first-order valence-electron chi connectivity index (χ1n) is 10.8. The summed E-state index contributed by atoms with van der Waals surface area (Å²) in [5.74, 6) is 3.27. The molecule has 1 aromatic heterocycles. The molecule has 1 aromatic carbocycles. The van der Waals surface area contributed by atoms with Gasteiger partial charge < -0.3 is 9.32 Å². The first kappa shape index (κ1) is 19.2. The largest absolute Gasteiger partial charge is 0.425 e. The van der Waals surface area contributed by atoms with Crippen molar-refractivity contribution in [2.75, 3.05) is 13.1 Å². The molecule has 150 valence electrons. The summed E-state index contributed by atoms with van der Waals surface area (Å²) in [6.45, 7) is 5.73. The van der Waals surface area contributed by atoms with Crippen LogP contribution in [0.2, 0.25) is 0 Å². The lowest BCUT2D eigenvalue weighted by molar-refractivity contribution is -0.136. The summed E-state index contributed by atoms with van der Waals surface area (Å²) in [7, 11) is 0. The topological polar surface area (TPSA) is 59.2 Å². The van der Waals surface area contributed by atoms with Crippen molar-refractivity contribution in [2.24, 2.45) is 5.92 Å². The van der Waals surface area contributed by atoms with Crippen LogP contribution in [0.3, 0.4) is 0 Å². The van der Waals surface area contributed by atoms with Crippen molar-refractivity contribution in [3.63, 3.8) is 0 Å². The molecule has 5 heteroatoms. The van der Waals surface area contributed by atoms with Gasteiger partial charge in [0, 0.05) is 25.4 Å². The van der Waals surface area contributed by atoms with E-state index in [9.17, 15) is 4.79 Å². The number of amides is 1. The molecule has 1 aliphatic carbocycles. The van der Waals surface area contributed by atoms with Crippen LogP contribution in [0.15, 0.2) is 34.7 Å². The summed E-state index contributed by atoms with van der Waals surface area (Å²) in [6, 6.07) is 10.7. The molecule has 28 heavy (non-hydrogen) atoms. The first-order valence-corrected chi connectivity index (χ1v) is 10.8. The fraction of sp³-hybridized carbons (Fsp3) is 0.609. The van der Waals surface area contributed by atoms with Gasteiger partial charge in [-0.15, -0.1) is 10.2 Å². The second-order valence-electron chi connectivity index (χ2n) is 8.81. The molecule has 0 N–H and O–H groups in total. The Morgan fingerprint density at radius 2 is 1.75 bits per heavy atom. The van der Waals surface area contributed by atoms with Gasteiger partial charge in [-0.3, -0.25) is 4.79 Å². The standard InChI is InChI=1S/C23H31N3O2/c1-16(2)12-13-21(27)26-14-18(15-26)22-24-25-23(28-22)20-11-7-6-10-19(20)17-8-4-3-5-9-17/h3-5,8-9,16,18-20H,6-7,10-15H2,1-2H3. The minimum absolute atomic E-state index is 0.197. The summed E-state index contributed by atoms with van der Waals surface area (Å²) in [6.07, 6.45) is 6.34. The van der Waals surface area contributed by atoms with Crippen molar-refractivity contribution in [3.05, 3.63) is 47.7 Å².